The van der Waals surface area contributed by atoms with Gasteiger partial charge in [0.25, 0.3) is 5.91 Å². The number of piperidine rings is 1. The number of methoxy groups -OCH3 is 1. The van der Waals surface area contributed by atoms with Gasteiger partial charge in [0.15, 0.2) is 0 Å². The Hall–Kier alpha value is -2.37. The van der Waals surface area contributed by atoms with Crippen LogP contribution in [0.3, 0.4) is 0 Å². The molecule has 0 saturated carbocycles. The largest absolute Gasteiger partial charge is 0.487 e. The molecule has 2 aromatic rings. The number of rotatable bonds is 5. The predicted molar refractivity (Wildman–Crippen MR) is 116 cm³/mol. The van der Waals surface area contributed by atoms with Gasteiger partial charge in [-0.25, -0.2) is 0 Å². The van der Waals surface area contributed by atoms with Crippen LogP contribution in [0.25, 0.3) is 0 Å². The van der Waals surface area contributed by atoms with E-state index >= 15 is 0 Å². The van der Waals surface area contributed by atoms with Gasteiger partial charge in [0.2, 0.25) is 0 Å². The first kappa shape index (κ1) is 20.9. The van der Waals surface area contributed by atoms with Crippen molar-refractivity contribution in [2.75, 3.05) is 20.2 Å². The van der Waals surface area contributed by atoms with Crippen molar-refractivity contribution in [1.29, 1.82) is 0 Å². The van der Waals surface area contributed by atoms with Gasteiger partial charge in [0.1, 0.15) is 11.4 Å². The van der Waals surface area contributed by atoms with Crippen molar-refractivity contribution < 1.29 is 19.0 Å². The molecule has 0 aromatic heterocycles. The molecule has 1 amide bonds. The number of ether oxygens (including phenoxy) is 3. The topological polar surface area (TPSA) is 48.0 Å². The van der Waals surface area contributed by atoms with Crippen LogP contribution in [0.1, 0.15) is 60.7 Å². The summed E-state index contributed by atoms with van der Waals surface area (Å²) in [6.07, 6.45) is 2.61. The number of nitrogens with zero attached hydrogens (tertiary/aromatic N) is 1. The van der Waals surface area contributed by atoms with Crippen LogP contribution < -0.4 is 4.74 Å². The van der Waals surface area contributed by atoms with Gasteiger partial charge in [0, 0.05) is 50.6 Å². The maximum absolute atomic E-state index is 13.2. The first-order chi connectivity index (χ1) is 14.5. The van der Waals surface area contributed by atoms with E-state index in [1.807, 2.05) is 47.4 Å². The van der Waals surface area contributed by atoms with Gasteiger partial charge in [-0.3, -0.25) is 4.79 Å². The molecule has 1 saturated heterocycles. The molecule has 2 heterocycles. The summed E-state index contributed by atoms with van der Waals surface area (Å²) in [7, 11) is 1.65. The third-order valence-electron chi connectivity index (χ3n) is 6.10. The lowest BCUT2D eigenvalue weighted by Gasteiger charge is -2.47. The summed E-state index contributed by atoms with van der Waals surface area (Å²) < 4.78 is 18.1. The molecule has 2 aliphatic heterocycles. The van der Waals surface area contributed by atoms with Gasteiger partial charge < -0.3 is 19.1 Å². The summed E-state index contributed by atoms with van der Waals surface area (Å²) in [4.78, 5) is 15.1. The smallest absolute Gasteiger partial charge is 0.254 e. The van der Waals surface area contributed by atoms with Crippen LogP contribution in [0.5, 0.6) is 5.75 Å². The number of hydrogen-bond acceptors (Lipinski definition) is 4. The van der Waals surface area contributed by atoms with Gasteiger partial charge in [-0.1, -0.05) is 36.4 Å². The van der Waals surface area contributed by atoms with Crippen LogP contribution in [0.2, 0.25) is 0 Å². The summed E-state index contributed by atoms with van der Waals surface area (Å²) in [5.41, 5.74) is 2.50. The minimum atomic E-state index is -0.281. The van der Waals surface area contributed by atoms with Crippen molar-refractivity contribution in [1.82, 2.24) is 4.90 Å². The Kier molecular flexibility index (Phi) is 6.11. The standard InChI is InChI=1S/C25H31NO4/c1-18(2)29-23-16-25(30-22-11-7-6-10-21(22)23)12-14-26(15-13-25)24(27)20-9-5-4-8-19(20)17-28-3/h4-11,18,23H,12-17H2,1-3H3/t23-/m1/s1. The van der Waals surface area contributed by atoms with E-state index in [4.69, 9.17) is 14.2 Å². The number of amides is 1. The number of fused-ring (bicyclic) bond motifs is 1. The van der Waals surface area contributed by atoms with Crippen LogP contribution >= 0.6 is 0 Å². The molecule has 4 rings (SSSR count). The molecule has 1 spiro atoms. The molecular weight excluding hydrogens is 378 g/mol. The van der Waals surface area contributed by atoms with E-state index in [-0.39, 0.29) is 23.7 Å². The predicted octanol–water partition coefficient (Wildman–Crippen LogP) is 4.76. The first-order valence-corrected chi connectivity index (χ1v) is 10.8. The Morgan fingerprint density at radius 1 is 1.13 bits per heavy atom. The normalized spacial score (nSPS) is 20.1. The second-order valence-corrected chi connectivity index (χ2v) is 8.58. The van der Waals surface area contributed by atoms with E-state index in [0.717, 1.165) is 41.7 Å². The highest BCUT2D eigenvalue weighted by Crippen LogP contribution is 2.46. The van der Waals surface area contributed by atoms with Crippen molar-refractivity contribution >= 4 is 5.91 Å². The van der Waals surface area contributed by atoms with Crippen LogP contribution in [-0.4, -0.2) is 42.7 Å². The molecule has 0 aliphatic carbocycles. The fourth-order valence-corrected chi connectivity index (χ4v) is 4.62. The van der Waals surface area contributed by atoms with Crippen LogP contribution in [-0.2, 0) is 16.1 Å². The van der Waals surface area contributed by atoms with Crippen molar-refractivity contribution in [2.24, 2.45) is 0 Å². The van der Waals surface area contributed by atoms with Gasteiger partial charge in [0.05, 0.1) is 18.8 Å². The summed E-state index contributed by atoms with van der Waals surface area (Å²) >= 11 is 0. The summed E-state index contributed by atoms with van der Waals surface area (Å²) in [6, 6.07) is 15.9. The number of para-hydroxylation sites is 1. The zero-order valence-corrected chi connectivity index (χ0v) is 18.1. The molecule has 0 unspecified atom stereocenters. The Morgan fingerprint density at radius 3 is 2.57 bits per heavy atom. The van der Waals surface area contributed by atoms with E-state index in [0.29, 0.717) is 19.7 Å². The maximum Gasteiger partial charge on any atom is 0.254 e. The minimum absolute atomic E-state index is 0.0274. The fraction of sp³-hybridized carbons (Fsp3) is 0.480. The third kappa shape index (κ3) is 4.23. The molecule has 5 nitrogen and oxygen atoms in total. The second-order valence-electron chi connectivity index (χ2n) is 8.58. The molecule has 0 N–H and O–H groups in total. The van der Waals surface area contributed by atoms with Gasteiger partial charge >= 0.3 is 0 Å². The molecule has 0 radical (unpaired) electrons. The van der Waals surface area contributed by atoms with Crippen molar-refractivity contribution in [2.45, 2.75) is 57.5 Å². The number of carbonyl (C=O) groups is 1. The number of carbonyl (C=O) groups excluding carboxylic acids is 1. The highest BCUT2D eigenvalue weighted by atomic mass is 16.5. The first-order valence-electron chi connectivity index (χ1n) is 10.8. The molecule has 1 atom stereocenters. The van der Waals surface area contributed by atoms with Crippen molar-refractivity contribution in [3.8, 4) is 5.75 Å². The number of likely N-dealkylation sites (tertiary alicyclic amines) is 1. The van der Waals surface area contributed by atoms with E-state index < -0.39 is 0 Å². The molecule has 2 aromatic carbocycles. The second kappa shape index (κ2) is 8.78. The summed E-state index contributed by atoms with van der Waals surface area (Å²) in [6.45, 7) is 5.94. The highest BCUT2D eigenvalue weighted by molar-refractivity contribution is 5.95. The fourth-order valence-electron chi connectivity index (χ4n) is 4.62. The molecule has 160 valence electrons. The highest BCUT2D eigenvalue weighted by Gasteiger charge is 2.44. The zero-order valence-electron chi connectivity index (χ0n) is 18.1. The van der Waals surface area contributed by atoms with E-state index in [1.165, 1.54) is 0 Å². The molecule has 30 heavy (non-hydrogen) atoms. The zero-order chi connectivity index (χ0) is 21.1. The minimum Gasteiger partial charge on any atom is -0.487 e. The quantitative estimate of drug-likeness (QED) is 0.715. The van der Waals surface area contributed by atoms with Crippen LogP contribution in [0.4, 0.5) is 0 Å². The maximum atomic E-state index is 13.2. The molecule has 0 bridgehead atoms. The summed E-state index contributed by atoms with van der Waals surface area (Å²) in [5, 5.41) is 0. The number of benzene rings is 2. The molecule has 5 heteroatoms. The third-order valence-corrected chi connectivity index (χ3v) is 6.10. The van der Waals surface area contributed by atoms with E-state index in [2.05, 4.69) is 19.9 Å². The molecule has 1 fully saturated rings. The van der Waals surface area contributed by atoms with Gasteiger partial charge in [-0.2, -0.15) is 0 Å². The lowest BCUT2D eigenvalue weighted by molar-refractivity contribution is -0.0872. The lowest BCUT2D eigenvalue weighted by Crippen LogP contribution is -2.52. The Labute approximate surface area is 178 Å². The Balaban J connectivity index is 1.49. The Bertz CT molecular complexity index is 886. The SMILES string of the molecule is COCc1ccccc1C(=O)N1CCC2(CC1)C[C@@H](OC(C)C)c1ccccc1O2. The summed E-state index contributed by atoms with van der Waals surface area (Å²) in [5.74, 6) is 0.989. The van der Waals surface area contributed by atoms with E-state index in [9.17, 15) is 4.79 Å². The Morgan fingerprint density at radius 2 is 1.83 bits per heavy atom. The van der Waals surface area contributed by atoms with E-state index in [1.54, 1.807) is 7.11 Å². The number of hydrogen-bond donors (Lipinski definition) is 0. The van der Waals surface area contributed by atoms with Crippen LogP contribution in [0, 0.1) is 0 Å². The van der Waals surface area contributed by atoms with Gasteiger partial charge in [-0.15, -0.1) is 0 Å². The molecular formula is C25H31NO4. The molecule has 2 aliphatic rings. The van der Waals surface area contributed by atoms with Crippen LogP contribution in [0.15, 0.2) is 48.5 Å². The lowest BCUT2D eigenvalue weighted by atomic mass is 9.81. The average Bonchev–Trinajstić information content (AvgIpc) is 2.74. The average molecular weight is 410 g/mol. The van der Waals surface area contributed by atoms with Gasteiger partial charge in [-0.05, 0) is 31.5 Å². The monoisotopic (exact) mass is 409 g/mol. The van der Waals surface area contributed by atoms with Crippen molar-refractivity contribution in [3.63, 3.8) is 0 Å². The van der Waals surface area contributed by atoms with Crippen molar-refractivity contribution in [3.05, 3.63) is 65.2 Å².